The van der Waals surface area contributed by atoms with Crippen LogP contribution in [0.2, 0.25) is 0 Å². The molecule has 0 aliphatic carbocycles. The molecule has 0 saturated carbocycles. The zero-order valence-electron chi connectivity index (χ0n) is 12.9. The Kier molecular flexibility index (Phi) is 4.76. The number of carbonyl (C=O) groups is 2. The average Bonchev–Trinajstić information content (AvgIpc) is 2.65. The van der Waals surface area contributed by atoms with E-state index in [0.29, 0.717) is 29.9 Å². The van der Waals surface area contributed by atoms with Crippen molar-refractivity contribution in [1.29, 1.82) is 0 Å². The highest BCUT2D eigenvalue weighted by Crippen LogP contribution is 2.15. The molecule has 0 unspecified atom stereocenters. The number of aromatic nitrogens is 2. The molecule has 0 spiro atoms. The summed E-state index contributed by atoms with van der Waals surface area (Å²) in [7, 11) is 0. The first-order chi connectivity index (χ1) is 11.8. The van der Waals surface area contributed by atoms with Crippen molar-refractivity contribution in [3.63, 3.8) is 0 Å². The molecule has 2 N–H and O–H groups in total. The first-order valence-electron chi connectivity index (χ1n) is 7.57. The van der Waals surface area contributed by atoms with Gasteiger partial charge in [0.2, 0.25) is 0 Å². The number of hydrogen-bond donors (Lipinski definition) is 2. The average molecular weight is 320 g/mol. The number of fused-ring (bicyclic) bond motifs is 1. The largest absolute Gasteiger partial charge is 0.350 e. The molecule has 3 aromatic rings. The van der Waals surface area contributed by atoms with Crippen LogP contribution in [0.25, 0.3) is 10.9 Å². The molecule has 0 atom stereocenters. The van der Waals surface area contributed by atoms with E-state index in [9.17, 15) is 9.59 Å². The number of nitrogens with zero attached hydrogens (tertiary/aromatic N) is 2. The second-order valence-corrected chi connectivity index (χ2v) is 5.11. The summed E-state index contributed by atoms with van der Waals surface area (Å²) in [5.74, 6) is -0.483. The molecule has 2 aromatic heterocycles. The molecule has 0 aliphatic heterocycles. The van der Waals surface area contributed by atoms with E-state index in [1.54, 1.807) is 36.7 Å². The summed E-state index contributed by atoms with van der Waals surface area (Å²) in [5, 5.41) is 6.41. The molecule has 0 saturated heterocycles. The number of amides is 2. The lowest BCUT2D eigenvalue weighted by Crippen LogP contribution is -2.35. The Labute approximate surface area is 138 Å². The quantitative estimate of drug-likeness (QED) is 0.702. The Morgan fingerprint density at radius 2 is 1.54 bits per heavy atom. The topological polar surface area (TPSA) is 84.0 Å². The van der Waals surface area contributed by atoms with Crippen molar-refractivity contribution < 1.29 is 9.59 Å². The lowest BCUT2D eigenvalue weighted by atomic mass is 10.1. The van der Waals surface area contributed by atoms with Crippen molar-refractivity contribution in [3.8, 4) is 0 Å². The smallest absolute Gasteiger partial charge is 0.269 e. The Hall–Kier alpha value is -3.28. The zero-order chi connectivity index (χ0) is 16.8. The van der Waals surface area contributed by atoms with Gasteiger partial charge >= 0.3 is 0 Å². The standard InChI is InChI=1S/C18H16N4O2/c23-17(14-7-3-5-13-6-4-10-20-16(13)14)21-11-12-22-18(24)15-8-1-2-9-19-15/h1-10H,11-12H2,(H,21,23)(H,22,24). The van der Waals surface area contributed by atoms with Crippen molar-refractivity contribution >= 4 is 22.7 Å². The van der Waals surface area contributed by atoms with Crippen molar-refractivity contribution in [2.75, 3.05) is 13.1 Å². The molecule has 2 heterocycles. The minimum Gasteiger partial charge on any atom is -0.350 e. The maximum atomic E-state index is 12.3. The zero-order valence-corrected chi connectivity index (χ0v) is 12.9. The molecule has 2 amide bonds. The highest BCUT2D eigenvalue weighted by atomic mass is 16.2. The van der Waals surface area contributed by atoms with Crippen molar-refractivity contribution in [1.82, 2.24) is 20.6 Å². The minimum atomic E-state index is -0.267. The van der Waals surface area contributed by atoms with E-state index in [1.165, 1.54) is 0 Å². The normalized spacial score (nSPS) is 10.3. The Morgan fingerprint density at radius 1 is 0.792 bits per heavy atom. The molecule has 0 fully saturated rings. The molecule has 0 bridgehead atoms. The maximum Gasteiger partial charge on any atom is 0.269 e. The van der Waals surface area contributed by atoms with Gasteiger partial charge in [-0.25, -0.2) is 0 Å². The number of rotatable bonds is 5. The summed E-state index contributed by atoms with van der Waals surface area (Å²) < 4.78 is 0. The third-order valence-electron chi connectivity index (χ3n) is 3.47. The van der Waals surface area contributed by atoms with Gasteiger partial charge in [-0.1, -0.05) is 24.3 Å². The number of benzene rings is 1. The summed E-state index contributed by atoms with van der Waals surface area (Å²) in [5.41, 5.74) is 1.53. The first kappa shape index (κ1) is 15.6. The third kappa shape index (κ3) is 3.55. The summed E-state index contributed by atoms with van der Waals surface area (Å²) in [6, 6.07) is 14.3. The van der Waals surface area contributed by atoms with E-state index < -0.39 is 0 Å². The molecule has 0 radical (unpaired) electrons. The summed E-state index contributed by atoms with van der Waals surface area (Å²) in [6.45, 7) is 0.639. The number of carbonyl (C=O) groups excluding carboxylic acids is 2. The van der Waals surface area contributed by atoms with Gasteiger partial charge in [0.25, 0.3) is 11.8 Å². The van der Waals surface area contributed by atoms with Crippen molar-refractivity contribution in [2.24, 2.45) is 0 Å². The van der Waals surface area contributed by atoms with Gasteiger partial charge in [0.1, 0.15) is 5.69 Å². The first-order valence-corrected chi connectivity index (χ1v) is 7.57. The van der Waals surface area contributed by atoms with E-state index >= 15 is 0 Å². The van der Waals surface area contributed by atoms with Gasteiger partial charge in [-0.15, -0.1) is 0 Å². The molecular formula is C18H16N4O2. The lowest BCUT2D eigenvalue weighted by Gasteiger charge is -2.08. The van der Waals surface area contributed by atoms with Crippen LogP contribution >= 0.6 is 0 Å². The van der Waals surface area contributed by atoms with Crippen LogP contribution in [0.1, 0.15) is 20.8 Å². The molecule has 6 nitrogen and oxygen atoms in total. The molecular weight excluding hydrogens is 304 g/mol. The molecule has 0 aliphatic rings. The number of nitrogens with one attached hydrogen (secondary N) is 2. The fraction of sp³-hybridized carbons (Fsp3) is 0.111. The van der Waals surface area contributed by atoms with Crippen LogP contribution in [-0.4, -0.2) is 34.9 Å². The number of hydrogen-bond acceptors (Lipinski definition) is 4. The lowest BCUT2D eigenvalue weighted by molar-refractivity contribution is 0.0925. The van der Waals surface area contributed by atoms with E-state index in [0.717, 1.165) is 5.39 Å². The highest BCUT2D eigenvalue weighted by Gasteiger charge is 2.10. The fourth-order valence-electron chi connectivity index (χ4n) is 2.32. The van der Waals surface area contributed by atoms with Gasteiger partial charge in [0.05, 0.1) is 11.1 Å². The minimum absolute atomic E-state index is 0.216. The van der Waals surface area contributed by atoms with Crippen LogP contribution in [0, 0.1) is 0 Å². The van der Waals surface area contributed by atoms with E-state index in [4.69, 9.17) is 0 Å². The van der Waals surface area contributed by atoms with Crippen molar-refractivity contribution in [2.45, 2.75) is 0 Å². The van der Waals surface area contributed by atoms with Gasteiger partial charge in [-0.2, -0.15) is 0 Å². The summed E-state index contributed by atoms with van der Waals surface area (Å²) in [4.78, 5) is 32.4. The number of para-hydroxylation sites is 1. The van der Waals surface area contributed by atoms with Gasteiger partial charge in [0.15, 0.2) is 0 Å². The van der Waals surface area contributed by atoms with Gasteiger partial charge < -0.3 is 10.6 Å². The molecule has 6 heteroatoms. The maximum absolute atomic E-state index is 12.3. The Morgan fingerprint density at radius 3 is 2.33 bits per heavy atom. The van der Waals surface area contributed by atoms with Crippen molar-refractivity contribution in [3.05, 3.63) is 72.2 Å². The van der Waals surface area contributed by atoms with Gasteiger partial charge in [-0.3, -0.25) is 19.6 Å². The fourth-order valence-corrected chi connectivity index (χ4v) is 2.32. The molecule has 1 aromatic carbocycles. The molecule has 120 valence electrons. The van der Waals surface area contributed by atoms with E-state index in [1.807, 2.05) is 24.3 Å². The summed E-state index contributed by atoms with van der Waals surface area (Å²) >= 11 is 0. The SMILES string of the molecule is O=C(NCCNC(=O)c1cccc2cccnc12)c1ccccn1. The Balaban J connectivity index is 1.55. The second kappa shape index (κ2) is 7.32. The van der Waals surface area contributed by atoms with Crippen LogP contribution in [0.5, 0.6) is 0 Å². The predicted molar refractivity (Wildman–Crippen MR) is 90.6 cm³/mol. The number of pyridine rings is 2. The Bertz CT molecular complexity index is 860. The third-order valence-corrected chi connectivity index (χ3v) is 3.47. The van der Waals surface area contributed by atoms with Crippen LogP contribution in [0.4, 0.5) is 0 Å². The second-order valence-electron chi connectivity index (χ2n) is 5.11. The molecule has 24 heavy (non-hydrogen) atoms. The molecule has 3 rings (SSSR count). The monoisotopic (exact) mass is 320 g/mol. The van der Waals surface area contributed by atoms with Gasteiger partial charge in [0, 0.05) is 30.9 Å². The van der Waals surface area contributed by atoms with Crippen LogP contribution in [0.3, 0.4) is 0 Å². The predicted octanol–water partition coefficient (Wildman–Crippen LogP) is 1.79. The van der Waals surface area contributed by atoms with Crippen LogP contribution in [-0.2, 0) is 0 Å². The van der Waals surface area contributed by atoms with Crippen LogP contribution < -0.4 is 10.6 Å². The van der Waals surface area contributed by atoms with E-state index in [2.05, 4.69) is 20.6 Å². The highest BCUT2D eigenvalue weighted by molar-refractivity contribution is 6.05. The van der Waals surface area contributed by atoms with E-state index in [-0.39, 0.29) is 11.8 Å². The van der Waals surface area contributed by atoms with Gasteiger partial charge in [-0.05, 0) is 24.3 Å². The summed E-state index contributed by atoms with van der Waals surface area (Å²) in [6.07, 6.45) is 3.22. The van der Waals surface area contributed by atoms with Crippen LogP contribution in [0.15, 0.2) is 60.9 Å².